The molecule has 0 heterocycles. The summed E-state index contributed by atoms with van der Waals surface area (Å²) in [6.45, 7) is 0.551. The van der Waals surface area contributed by atoms with Crippen molar-refractivity contribution in [3.8, 4) is 5.75 Å². The number of aliphatic hydroxyl groups excluding tert-OH is 1. The summed E-state index contributed by atoms with van der Waals surface area (Å²) in [7, 11) is -3.87. The van der Waals surface area contributed by atoms with E-state index in [2.05, 4.69) is 10.0 Å². The van der Waals surface area contributed by atoms with E-state index < -0.39 is 33.8 Å². The van der Waals surface area contributed by atoms with Crippen LogP contribution in [0.15, 0.2) is 53.4 Å². The molecule has 2 aromatic carbocycles. The smallest absolute Gasteiger partial charge is 0.416 e. The number of alkyl halides is 3. The summed E-state index contributed by atoms with van der Waals surface area (Å²) in [5.41, 5.74) is -0.524. The molecule has 1 unspecified atom stereocenters. The first-order valence-corrected chi connectivity index (χ1v) is 11.2. The first-order valence-electron chi connectivity index (χ1n) is 9.74. The molecule has 0 saturated heterocycles. The topological polar surface area (TPSA) is 122 Å². The third kappa shape index (κ3) is 8.48. The Balaban J connectivity index is 1.72. The summed E-state index contributed by atoms with van der Waals surface area (Å²) >= 11 is 0. The summed E-state index contributed by atoms with van der Waals surface area (Å²) in [5.74, 6) is -0.838. The van der Waals surface area contributed by atoms with E-state index in [0.29, 0.717) is 5.56 Å². The lowest BCUT2D eigenvalue weighted by Gasteiger charge is -2.14. The molecule has 0 saturated carbocycles. The molecule has 8 nitrogen and oxygen atoms in total. The average Bonchev–Trinajstić information content (AvgIpc) is 2.76. The number of carbonyl (C=O) groups excluding carboxylic acids is 2. The van der Waals surface area contributed by atoms with E-state index in [9.17, 15) is 36.3 Å². The van der Waals surface area contributed by atoms with Crippen LogP contribution in [0.2, 0.25) is 0 Å². The largest absolute Gasteiger partial charge is 0.491 e. The Morgan fingerprint density at radius 3 is 2.39 bits per heavy atom. The third-order valence-corrected chi connectivity index (χ3v) is 5.83. The van der Waals surface area contributed by atoms with Gasteiger partial charge in [-0.1, -0.05) is 18.2 Å². The van der Waals surface area contributed by atoms with Gasteiger partial charge < -0.3 is 15.2 Å². The highest BCUT2D eigenvalue weighted by Crippen LogP contribution is 2.31. The van der Waals surface area contributed by atoms with E-state index in [1.165, 1.54) is 43.3 Å². The van der Waals surface area contributed by atoms with Gasteiger partial charge in [-0.15, -0.1) is 0 Å². The zero-order valence-corrected chi connectivity index (χ0v) is 18.4. The summed E-state index contributed by atoms with van der Waals surface area (Å²) in [4.78, 5) is 23.0. The lowest BCUT2D eigenvalue weighted by Crippen LogP contribution is -2.37. The summed E-state index contributed by atoms with van der Waals surface area (Å²) in [6.07, 6.45) is -5.93. The van der Waals surface area contributed by atoms with Crippen molar-refractivity contribution in [3.63, 3.8) is 0 Å². The number of aliphatic hydroxyl groups is 1. The van der Waals surface area contributed by atoms with Crippen molar-refractivity contribution in [2.24, 2.45) is 0 Å². The predicted octanol–water partition coefficient (Wildman–Crippen LogP) is 2.13. The number of rotatable bonds is 11. The van der Waals surface area contributed by atoms with Crippen LogP contribution in [0.25, 0.3) is 0 Å². The first-order chi connectivity index (χ1) is 15.4. The molecule has 33 heavy (non-hydrogen) atoms. The molecule has 0 aliphatic rings. The quantitative estimate of drug-likeness (QED) is 0.417. The van der Waals surface area contributed by atoms with Crippen LogP contribution in [0, 0.1) is 0 Å². The van der Waals surface area contributed by atoms with Gasteiger partial charge in [0.25, 0.3) is 0 Å². The molecule has 0 aliphatic carbocycles. The molecule has 2 aromatic rings. The van der Waals surface area contributed by atoms with Gasteiger partial charge >= 0.3 is 6.18 Å². The second kappa shape index (κ2) is 11.3. The van der Waals surface area contributed by atoms with Crippen LogP contribution in [0.4, 0.5) is 13.2 Å². The fourth-order valence-corrected chi connectivity index (χ4v) is 3.62. The number of amides is 1. The second-order valence-electron chi connectivity index (χ2n) is 7.02. The summed E-state index contributed by atoms with van der Waals surface area (Å²) in [5, 5.41) is 12.2. The van der Waals surface area contributed by atoms with Crippen LogP contribution < -0.4 is 14.8 Å². The number of sulfonamides is 1. The van der Waals surface area contributed by atoms with Gasteiger partial charge in [0.05, 0.1) is 10.5 Å². The van der Waals surface area contributed by atoms with Gasteiger partial charge in [0.1, 0.15) is 18.5 Å². The van der Waals surface area contributed by atoms with E-state index in [0.717, 1.165) is 12.1 Å². The molecule has 2 rings (SSSR count). The van der Waals surface area contributed by atoms with Crippen LogP contribution >= 0.6 is 0 Å². The maximum atomic E-state index is 12.7. The average molecular weight is 488 g/mol. The SMILES string of the molecule is CC(=O)c1ccc(S(=O)(=O)NCCC(=O)NCC(O)COc2cccc(C(F)(F)F)c2)cc1. The Morgan fingerprint density at radius 2 is 1.79 bits per heavy atom. The number of carbonyl (C=O) groups is 2. The van der Waals surface area contributed by atoms with Crippen molar-refractivity contribution < 1.29 is 41.0 Å². The Hall–Kier alpha value is -2.96. The number of ether oxygens (including phenoxy) is 1. The molecule has 0 fully saturated rings. The van der Waals surface area contributed by atoms with Gasteiger partial charge in [-0.2, -0.15) is 13.2 Å². The van der Waals surface area contributed by atoms with Crippen molar-refractivity contribution in [2.45, 2.75) is 30.5 Å². The fraction of sp³-hybridized carbons (Fsp3) is 0.333. The molecule has 0 spiro atoms. The van der Waals surface area contributed by atoms with Crippen molar-refractivity contribution in [1.82, 2.24) is 10.0 Å². The monoisotopic (exact) mass is 488 g/mol. The van der Waals surface area contributed by atoms with Crippen molar-refractivity contribution in [2.75, 3.05) is 19.7 Å². The van der Waals surface area contributed by atoms with E-state index >= 15 is 0 Å². The lowest BCUT2D eigenvalue weighted by atomic mass is 10.2. The highest BCUT2D eigenvalue weighted by atomic mass is 32.2. The standard InChI is InChI=1S/C21H23F3N2O6S/c1-14(27)15-5-7-19(8-6-15)33(30,31)26-10-9-20(29)25-12-17(28)13-32-18-4-2-3-16(11-18)21(22,23)24/h2-8,11,17,26,28H,9-10,12-13H2,1H3,(H,25,29). The van der Waals surface area contributed by atoms with Gasteiger partial charge in [0.2, 0.25) is 15.9 Å². The number of halogens is 3. The number of ketones is 1. The minimum Gasteiger partial charge on any atom is -0.491 e. The Labute approximate surface area is 188 Å². The van der Waals surface area contributed by atoms with Crippen LogP contribution in [0.1, 0.15) is 29.3 Å². The van der Waals surface area contributed by atoms with Gasteiger partial charge in [0.15, 0.2) is 5.78 Å². The van der Waals surface area contributed by atoms with Gasteiger partial charge in [-0.25, -0.2) is 13.1 Å². The second-order valence-corrected chi connectivity index (χ2v) is 8.79. The van der Waals surface area contributed by atoms with E-state index in [4.69, 9.17) is 4.74 Å². The van der Waals surface area contributed by atoms with E-state index in [-0.39, 0.29) is 42.5 Å². The summed E-state index contributed by atoms with van der Waals surface area (Å²) in [6, 6.07) is 9.48. The number of benzene rings is 2. The molecular weight excluding hydrogens is 465 g/mol. The molecule has 0 radical (unpaired) electrons. The van der Waals surface area contributed by atoms with Gasteiger partial charge in [-0.05, 0) is 37.3 Å². The van der Waals surface area contributed by atoms with Crippen LogP contribution in [0.5, 0.6) is 5.75 Å². The lowest BCUT2D eigenvalue weighted by molar-refractivity contribution is -0.137. The zero-order valence-electron chi connectivity index (χ0n) is 17.6. The molecule has 0 aromatic heterocycles. The molecule has 12 heteroatoms. The van der Waals surface area contributed by atoms with Gasteiger partial charge in [-0.3, -0.25) is 9.59 Å². The van der Waals surface area contributed by atoms with Crippen LogP contribution in [0.3, 0.4) is 0 Å². The van der Waals surface area contributed by atoms with Crippen molar-refractivity contribution >= 4 is 21.7 Å². The Kier molecular flexibility index (Phi) is 8.97. The van der Waals surface area contributed by atoms with E-state index in [1.54, 1.807) is 0 Å². The minimum atomic E-state index is -4.52. The highest BCUT2D eigenvalue weighted by molar-refractivity contribution is 7.89. The minimum absolute atomic E-state index is 0.0601. The summed E-state index contributed by atoms with van der Waals surface area (Å²) < 4.78 is 69.9. The van der Waals surface area contributed by atoms with Crippen LogP contribution in [-0.2, 0) is 21.0 Å². The zero-order chi connectivity index (χ0) is 24.6. The molecule has 1 atom stereocenters. The van der Waals surface area contributed by atoms with E-state index in [1.807, 2.05) is 0 Å². The number of hydrogen-bond acceptors (Lipinski definition) is 6. The first kappa shape index (κ1) is 26.3. The number of nitrogens with one attached hydrogen (secondary N) is 2. The van der Waals surface area contributed by atoms with Crippen molar-refractivity contribution in [3.05, 3.63) is 59.7 Å². The maximum Gasteiger partial charge on any atom is 0.416 e. The Bertz CT molecular complexity index is 1070. The number of Topliss-reactive ketones (excluding diaryl/α,β-unsaturated/α-hetero) is 1. The van der Waals surface area contributed by atoms with Crippen molar-refractivity contribution in [1.29, 1.82) is 0 Å². The molecule has 0 bridgehead atoms. The van der Waals surface area contributed by atoms with Crippen LogP contribution in [-0.4, -0.2) is 51.0 Å². The highest BCUT2D eigenvalue weighted by Gasteiger charge is 2.30. The number of hydrogen-bond donors (Lipinski definition) is 3. The maximum absolute atomic E-state index is 12.7. The normalized spacial score (nSPS) is 12.8. The predicted molar refractivity (Wildman–Crippen MR) is 112 cm³/mol. The molecule has 0 aliphatic heterocycles. The van der Waals surface area contributed by atoms with Gasteiger partial charge in [0, 0.05) is 25.1 Å². The molecule has 180 valence electrons. The fourth-order valence-electron chi connectivity index (χ4n) is 2.58. The third-order valence-electron chi connectivity index (χ3n) is 4.35. The molecular formula is C21H23F3N2O6S. The molecule has 3 N–H and O–H groups in total. The molecule has 1 amide bonds. The Morgan fingerprint density at radius 1 is 1.12 bits per heavy atom.